The number of nitrogens with zero attached hydrogens (tertiary/aromatic N) is 7. The van der Waals surface area contributed by atoms with Gasteiger partial charge in [0.2, 0.25) is 0 Å². The molecular weight excluding hydrogens is 392 g/mol. The minimum Gasteiger partial charge on any atom is -0.310 e. The molecule has 4 aromatic rings. The highest BCUT2D eigenvalue weighted by atomic mass is 16.1. The largest absolute Gasteiger partial charge is 0.310 e. The van der Waals surface area contributed by atoms with Crippen LogP contribution in [0.3, 0.4) is 0 Å². The monoisotopic (exact) mass is 412 g/mol. The normalized spacial score (nSPS) is 19.0. The quantitative estimate of drug-likeness (QED) is 0.546. The number of hydrogen-bond donors (Lipinski definition) is 1. The summed E-state index contributed by atoms with van der Waals surface area (Å²) in [6, 6.07) is 7.46. The lowest BCUT2D eigenvalue weighted by Gasteiger charge is -2.34. The molecule has 1 saturated carbocycles. The maximum atomic E-state index is 12.9. The van der Waals surface area contributed by atoms with Gasteiger partial charge in [-0.05, 0) is 44.4 Å². The number of nitriles is 1. The number of aryl methyl sites for hydroxylation is 1. The molecule has 1 fully saturated rings. The van der Waals surface area contributed by atoms with Gasteiger partial charge in [-0.3, -0.25) is 9.78 Å². The lowest BCUT2D eigenvalue weighted by molar-refractivity contribution is 0.319. The minimum absolute atomic E-state index is 0.0183. The average Bonchev–Trinajstić information content (AvgIpc) is 3.13. The van der Waals surface area contributed by atoms with Crippen LogP contribution in [-0.4, -0.2) is 34.7 Å². The zero-order valence-electron chi connectivity index (χ0n) is 17.1. The molecule has 9 nitrogen and oxygen atoms in total. The van der Waals surface area contributed by atoms with Gasteiger partial charge in [0.1, 0.15) is 23.1 Å². The van der Waals surface area contributed by atoms with E-state index in [1.807, 2.05) is 32.0 Å². The molecule has 31 heavy (non-hydrogen) atoms. The summed E-state index contributed by atoms with van der Waals surface area (Å²) < 4.78 is 1.64. The SMILES string of the molecule is Cc1ccc([C@@H](C)n2nc(C#N)c3c(=O)[nH]c([C@@H]4CC[C@H]4c4ncccn4)nc32)cn1. The van der Waals surface area contributed by atoms with Crippen LogP contribution in [0.25, 0.3) is 11.0 Å². The summed E-state index contributed by atoms with van der Waals surface area (Å²) in [5.41, 5.74) is 1.95. The van der Waals surface area contributed by atoms with Crippen molar-refractivity contribution in [2.45, 2.75) is 44.6 Å². The Kier molecular flexibility index (Phi) is 4.55. The predicted molar refractivity (Wildman–Crippen MR) is 112 cm³/mol. The molecule has 4 aromatic heterocycles. The first-order valence-corrected chi connectivity index (χ1v) is 10.2. The van der Waals surface area contributed by atoms with E-state index in [0.717, 1.165) is 29.9 Å². The summed E-state index contributed by atoms with van der Waals surface area (Å²) >= 11 is 0. The summed E-state index contributed by atoms with van der Waals surface area (Å²) in [6.45, 7) is 3.87. The first-order chi connectivity index (χ1) is 15.1. The lowest BCUT2D eigenvalue weighted by atomic mass is 9.72. The van der Waals surface area contributed by atoms with Crippen molar-refractivity contribution in [3.8, 4) is 6.07 Å². The van der Waals surface area contributed by atoms with E-state index in [-0.39, 0.29) is 34.5 Å². The summed E-state index contributed by atoms with van der Waals surface area (Å²) in [6.07, 6.45) is 7.05. The zero-order chi connectivity index (χ0) is 21.5. The van der Waals surface area contributed by atoms with Crippen LogP contribution in [0.15, 0.2) is 41.6 Å². The van der Waals surface area contributed by atoms with Gasteiger partial charge in [0.05, 0.1) is 6.04 Å². The Morgan fingerprint density at radius 3 is 2.61 bits per heavy atom. The Hall–Kier alpha value is -3.93. The van der Waals surface area contributed by atoms with Crippen LogP contribution in [-0.2, 0) is 0 Å². The Morgan fingerprint density at radius 1 is 1.19 bits per heavy atom. The van der Waals surface area contributed by atoms with E-state index in [1.165, 1.54) is 0 Å². The Labute approximate surface area is 177 Å². The minimum atomic E-state index is -0.350. The molecule has 5 rings (SSSR count). The molecule has 0 unspecified atom stereocenters. The van der Waals surface area contributed by atoms with E-state index in [0.29, 0.717) is 11.5 Å². The van der Waals surface area contributed by atoms with E-state index in [9.17, 15) is 10.1 Å². The number of aromatic amines is 1. The average molecular weight is 412 g/mol. The molecule has 0 aliphatic heterocycles. The van der Waals surface area contributed by atoms with Gasteiger partial charge >= 0.3 is 0 Å². The van der Waals surface area contributed by atoms with Gasteiger partial charge in [-0.25, -0.2) is 19.6 Å². The fourth-order valence-corrected chi connectivity index (χ4v) is 4.09. The highest BCUT2D eigenvalue weighted by Crippen LogP contribution is 2.46. The number of H-pyrrole nitrogens is 1. The smallest absolute Gasteiger partial charge is 0.263 e. The molecule has 9 heteroatoms. The molecule has 0 aromatic carbocycles. The molecular formula is C22H20N8O. The third kappa shape index (κ3) is 3.17. The Balaban J connectivity index is 1.61. The van der Waals surface area contributed by atoms with Crippen molar-refractivity contribution in [2.75, 3.05) is 0 Å². The van der Waals surface area contributed by atoms with E-state index in [1.54, 1.807) is 29.3 Å². The summed E-state index contributed by atoms with van der Waals surface area (Å²) in [5, 5.41) is 14.2. The standard InChI is InChI=1S/C22H20N8O/c1-12-4-5-14(11-26-12)13(2)30-21-18(17(10-23)29-30)22(31)28-20(27-21)16-7-6-15(16)19-24-8-3-9-25-19/h3-5,8-9,11,13,15-16H,6-7H2,1-2H3,(H,27,28,31)/t13-,15-,16-/m1/s1. The highest BCUT2D eigenvalue weighted by molar-refractivity contribution is 5.80. The van der Waals surface area contributed by atoms with Crippen LogP contribution >= 0.6 is 0 Å². The van der Waals surface area contributed by atoms with Gasteiger partial charge in [-0.2, -0.15) is 10.4 Å². The van der Waals surface area contributed by atoms with E-state index in [2.05, 4.69) is 25.0 Å². The van der Waals surface area contributed by atoms with Crippen molar-refractivity contribution in [3.05, 3.63) is 75.7 Å². The van der Waals surface area contributed by atoms with Crippen LogP contribution in [0.2, 0.25) is 0 Å². The van der Waals surface area contributed by atoms with Crippen LogP contribution < -0.4 is 5.56 Å². The molecule has 0 saturated heterocycles. The van der Waals surface area contributed by atoms with Crippen LogP contribution in [0.4, 0.5) is 0 Å². The molecule has 4 heterocycles. The first-order valence-electron chi connectivity index (χ1n) is 10.2. The number of hydrogen-bond acceptors (Lipinski definition) is 7. The molecule has 1 aliphatic carbocycles. The van der Waals surface area contributed by atoms with Crippen molar-refractivity contribution in [2.24, 2.45) is 0 Å². The maximum Gasteiger partial charge on any atom is 0.263 e. The van der Waals surface area contributed by atoms with Gasteiger partial charge in [0, 0.05) is 36.1 Å². The Morgan fingerprint density at radius 2 is 1.97 bits per heavy atom. The summed E-state index contributed by atoms with van der Waals surface area (Å²) in [5.74, 6) is 1.46. The highest BCUT2D eigenvalue weighted by Gasteiger charge is 2.37. The topological polar surface area (TPSA) is 126 Å². The second-order valence-corrected chi connectivity index (χ2v) is 7.86. The van der Waals surface area contributed by atoms with Crippen molar-refractivity contribution in [1.29, 1.82) is 5.26 Å². The number of nitrogens with one attached hydrogen (secondary N) is 1. The van der Waals surface area contributed by atoms with Crippen LogP contribution in [0.5, 0.6) is 0 Å². The van der Waals surface area contributed by atoms with Crippen molar-refractivity contribution < 1.29 is 0 Å². The second-order valence-electron chi connectivity index (χ2n) is 7.86. The molecule has 0 radical (unpaired) electrons. The molecule has 1 aliphatic rings. The van der Waals surface area contributed by atoms with Gasteiger partial charge in [0.15, 0.2) is 11.3 Å². The molecule has 0 bridgehead atoms. The van der Waals surface area contributed by atoms with Crippen molar-refractivity contribution in [1.82, 2.24) is 34.7 Å². The maximum absolute atomic E-state index is 12.9. The van der Waals surface area contributed by atoms with Crippen LogP contribution in [0, 0.1) is 18.3 Å². The van der Waals surface area contributed by atoms with E-state index >= 15 is 0 Å². The van der Waals surface area contributed by atoms with Crippen LogP contribution in [0.1, 0.15) is 66.2 Å². The fraction of sp³-hybridized carbons (Fsp3) is 0.318. The molecule has 1 N–H and O–H groups in total. The summed E-state index contributed by atoms with van der Waals surface area (Å²) in [4.78, 5) is 33.7. The number of aromatic nitrogens is 7. The summed E-state index contributed by atoms with van der Waals surface area (Å²) in [7, 11) is 0. The number of fused-ring (bicyclic) bond motifs is 1. The van der Waals surface area contributed by atoms with E-state index in [4.69, 9.17) is 4.98 Å². The molecule has 0 spiro atoms. The van der Waals surface area contributed by atoms with Crippen molar-refractivity contribution >= 4 is 11.0 Å². The molecule has 154 valence electrons. The molecule has 3 atom stereocenters. The third-order valence-electron chi connectivity index (χ3n) is 6.01. The van der Waals surface area contributed by atoms with E-state index < -0.39 is 0 Å². The van der Waals surface area contributed by atoms with Gasteiger partial charge in [-0.1, -0.05) is 6.07 Å². The number of pyridine rings is 1. The third-order valence-corrected chi connectivity index (χ3v) is 6.01. The number of rotatable bonds is 4. The zero-order valence-corrected chi connectivity index (χ0v) is 17.1. The molecule has 0 amide bonds. The fourth-order valence-electron chi connectivity index (χ4n) is 4.09. The Bertz CT molecular complexity index is 1350. The second kappa shape index (κ2) is 7.40. The predicted octanol–water partition coefficient (Wildman–Crippen LogP) is 2.76. The van der Waals surface area contributed by atoms with Crippen molar-refractivity contribution in [3.63, 3.8) is 0 Å². The van der Waals surface area contributed by atoms with Gasteiger partial charge in [0.25, 0.3) is 5.56 Å². The van der Waals surface area contributed by atoms with Gasteiger partial charge in [-0.15, -0.1) is 0 Å². The lowest BCUT2D eigenvalue weighted by Crippen LogP contribution is -2.28. The first kappa shape index (κ1) is 19.1. The van der Waals surface area contributed by atoms with Gasteiger partial charge < -0.3 is 4.98 Å².